The number of carbonyl (C=O) groups excluding carboxylic acids is 3. The summed E-state index contributed by atoms with van der Waals surface area (Å²) in [6.07, 6.45) is 84.0. The van der Waals surface area contributed by atoms with Gasteiger partial charge < -0.3 is 14.2 Å². The molecule has 0 fully saturated rings. The highest BCUT2D eigenvalue weighted by Crippen LogP contribution is 2.14. The van der Waals surface area contributed by atoms with Crippen molar-refractivity contribution in [2.45, 2.75) is 239 Å². The molecule has 0 amide bonds. The van der Waals surface area contributed by atoms with Crippen LogP contribution in [0.25, 0.3) is 0 Å². The van der Waals surface area contributed by atoms with E-state index in [1.54, 1.807) is 0 Å². The molecule has 0 aromatic carbocycles. The third kappa shape index (κ3) is 56.2. The summed E-state index contributed by atoms with van der Waals surface area (Å²) >= 11 is 0. The van der Waals surface area contributed by atoms with Crippen LogP contribution in [-0.4, -0.2) is 37.2 Å². The van der Waals surface area contributed by atoms with Gasteiger partial charge in [-0.2, -0.15) is 0 Å². The van der Waals surface area contributed by atoms with Crippen LogP contribution in [0.4, 0.5) is 0 Å². The maximum atomic E-state index is 12.9. The van der Waals surface area contributed by atoms with E-state index in [2.05, 4.69) is 130 Å². The van der Waals surface area contributed by atoms with Crippen LogP contribution in [0.2, 0.25) is 0 Å². The zero-order valence-corrected chi connectivity index (χ0v) is 46.1. The summed E-state index contributed by atoms with van der Waals surface area (Å²) < 4.78 is 16.8. The molecule has 0 aliphatic heterocycles. The average molecular weight is 994 g/mol. The van der Waals surface area contributed by atoms with Gasteiger partial charge in [-0.05, 0) is 109 Å². The molecule has 0 saturated carbocycles. The Morgan fingerprint density at radius 1 is 0.306 bits per heavy atom. The van der Waals surface area contributed by atoms with Crippen LogP contribution in [0.3, 0.4) is 0 Å². The van der Waals surface area contributed by atoms with Gasteiger partial charge in [0, 0.05) is 19.3 Å². The van der Waals surface area contributed by atoms with Gasteiger partial charge in [0.2, 0.25) is 0 Å². The van der Waals surface area contributed by atoms with E-state index >= 15 is 0 Å². The van der Waals surface area contributed by atoms with Crippen LogP contribution in [0, 0.1) is 0 Å². The van der Waals surface area contributed by atoms with Crippen molar-refractivity contribution in [3.05, 3.63) is 146 Å². The molecule has 0 saturated heterocycles. The molecule has 0 aromatic heterocycles. The molecular weight excluding hydrogens is 889 g/mol. The van der Waals surface area contributed by atoms with Gasteiger partial charge >= 0.3 is 17.9 Å². The van der Waals surface area contributed by atoms with Crippen LogP contribution < -0.4 is 0 Å². The number of rotatable bonds is 50. The van der Waals surface area contributed by atoms with E-state index in [1.807, 2.05) is 36.5 Å². The molecule has 0 aromatic rings. The third-order valence-electron chi connectivity index (χ3n) is 11.7. The average Bonchev–Trinajstić information content (AvgIpc) is 3.38. The number of hydrogen-bond acceptors (Lipinski definition) is 6. The van der Waals surface area contributed by atoms with Gasteiger partial charge in [0.1, 0.15) is 13.2 Å². The fraction of sp³-hybridized carbons (Fsp3) is 0.591. The van der Waals surface area contributed by atoms with Crippen LogP contribution in [0.15, 0.2) is 146 Å². The van der Waals surface area contributed by atoms with Crippen LogP contribution in [0.5, 0.6) is 0 Å². The lowest BCUT2D eigenvalue weighted by molar-refractivity contribution is -0.167. The second-order valence-corrected chi connectivity index (χ2v) is 18.6. The first kappa shape index (κ1) is 67.3. The fourth-order valence-electron chi connectivity index (χ4n) is 7.36. The van der Waals surface area contributed by atoms with Gasteiger partial charge in [-0.3, -0.25) is 14.4 Å². The molecule has 0 heterocycles. The van der Waals surface area contributed by atoms with Crippen molar-refractivity contribution < 1.29 is 28.6 Å². The first-order valence-corrected chi connectivity index (χ1v) is 28.9. The summed E-state index contributed by atoms with van der Waals surface area (Å²) in [7, 11) is 0. The fourth-order valence-corrected chi connectivity index (χ4v) is 7.36. The Kier molecular flexibility index (Phi) is 55.0. The van der Waals surface area contributed by atoms with Crippen molar-refractivity contribution >= 4 is 17.9 Å². The Labute approximate surface area is 442 Å². The van der Waals surface area contributed by atoms with Gasteiger partial charge in [-0.25, -0.2) is 0 Å². The van der Waals surface area contributed by atoms with Crippen molar-refractivity contribution in [3.63, 3.8) is 0 Å². The normalized spacial score (nSPS) is 13.2. The molecule has 0 spiro atoms. The molecule has 0 aliphatic rings. The van der Waals surface area contributed by atoms with Crippen LogP contribution >= 0.6 is 0 Å². The summed E-state index contributed by atoms with van der Waals surface area (Å²) in [4.78, 5) is 38.2. The first-order chi connectivity index (χ1) is 35.5. The zero-order valence-electron chi connectivity index (χ0n) is 46.1. The van der Waals surface area contributed by atoms with Crippen molar-refractivity contribution in [1.82, 2.24) is 0 Å². The monoisotopic (exact) mass is 993 g/mol. The lowest BCUT2D eigenvalue weighted by Crippen LogP contribution is -2.30. The highest BCUT2D eigenvalue weighted by molar-refractivity contribution is 5.71. The van der Waals surface area contributed by atoms with E-state index in [0.29, 0.717) is 12.8 Å². The lowest BCUT2D eigenvalue weighted by Gasteiger charge is -2.18. The van der Waals surface area contributed by atoms with Gasteiger partial charge in [-0.15, -0.1) is 0 Å². The molecule has 0 aliphatic carbocycles. The van der Waals surface area contributed by atoms with Gasteiger partial charge in [0.05, 0.1) is 0 Å². The number of hydrogen-bond donors (Lipinski definition) is 0. The standard InChI is InChI=1S/C66H104O6/c1-4-7-10-13-16-19-22-25-28-31-33-36-38-41-44-47-50-53-56-59-65(68)71-62-63(61-70-64(67)58-55-52-49-46-43-40-37-34-30-27-24-21-18-15-12-9-6-3)72-66(69)60-57-54-51-48-45-42-39-35-32-29-26-23-20-17-14-11-8-5-2/h7,10-11,14,16-21,23,25-30,32,35,37,39-40,46,49,63H,4-6,8-9,12-13,15,22,24,31,33-34,36,38,41-45,47-48,50-62H2,1-3H3/b10-7-,14-11-,19-16-,20-17-,21-18-,26-23-,28-25-,30-27-,32-29-,39-35-,40-37-,49-46-. The molecule has 0 bridgehead atoms. The van der Waals surface area contributed by atoms with E-state index in [9.17, 15) is 14.4 Å². The van der Waals surface area contributed by atoms with Gasteiger partial charge in [0.15, 0.2) is 6.10 Å². The zero-order chi connectivity index (χ0) is 52.2. The molecule has 1 unspecified atom stereocenters. The van der Waals surface area contributed by atoms with E-state index in [0.717, 1.165) is 116 Å². The Morgan fingerprint density at radius 2 is 0.639 bits per heavy atom. The number of unbranched alkanes of at least 4 members (excludes halogenated alkanes) is 19. The summed E-state index contributed by atoms with van der Waals surface area (Å²) in [6, 6.07) is 0. The molecule has 6 nitrogen and oxygen atoms in total. The van der Waals surface area contributed by atoms with E-state index in [4.69, 9.17) is 14.2 Å². The Morgan fingerprint density at radius 3 is 1.08 bits per heavy atom. The molecule has 0 N–H and O–H groups in total. The maximum absolute atomic E-state index is 12.9. The predicted octanol–water partition coefficient (Wildman–Crippen LogP) is 19.6. The summed E-state index contributed by atoms with van der Waals surface area (Å²) in [5, 5.41) is 0. The number of esters is 3. The summed E-state index contributed by atoms with van der Waals surface area (Å²) in [6.45, 7) is 6.33. The maximum Gasteiger partial charge on any atom is 0.306 e. The van der Waals surface area contributed by atoms with Gasteiger partial charge in [0.25, 0.3) is 0 Å². The Hall–Kier alpha value is -4.71. The SMILES string of the molecule is CC/C=C\C/C=C\C/C=C\CCCCCCCCCCCC(=O)OCC(COC(=O)CCC/C=C\C/C=C\C/C=C\C/C=C\CCCCC)OC(=O)CCCCCCC\C=C/C=C\C=C/C=C\C=C/CCC. The smallest absolute Gasteiger partial charge is 0.306 e. The summed E-state index contributed by atoms with van der Waals surface area (Å²) in [5.41, 5.74) is 0. The Bertz CT molecular complexity index is 1610. The molecule has 6 heteroatoms. The number of ether oxygens (including phenoxy) is 3. The minimum atomic E-state index is -0.824. The highest BCUT2D eigenvalue weighted by Gasteiger charge is 2.19. The number of allylic oxidation sites excluding steroid dienone is 24. The van der Waals surface area contributed by atoms with Crippen molar-refractivity contribution in [2.24, 2.45) is 0 Å². The predicted molar refractivity (Wildman–Crippen MR) is 311 cm³/mol. The lowest BCUT2D eigenvalue weighted by atomic mass is 10.1. The Balaban J connectivity index is 4.56. The molecule has 72 heavy (non-hydrogen) atoms. The minimum Gasteiger partial charge on any atom is -0.462 e. The molecule has 404 valence electrons. The summed E-state index contributed by atoms with van der Waals surface area (Å²) in [5.74, 6) is -1.01. The van der Waals surface area contributed by atoms with Crippen molar-refractivity contribution in [3.8, 4) is 0 Å². The van der Waals surface area contributed by atoms with Crippen molar-refractivity contribution in [1.29, 1.82) is 0 Å². The quantitative estimate of drug-likeness (QED) is 0.0199. The van der Waals surface area contributed by atoms with Crippen LogP contribution in [0.1, 0.15) is 233 Å². The first-order valence-electron chi connectivity index (χ1n) is 28.9. The number of carbonyl (C=O) groups is 3. The second kappa shape index (κ2) is 58.9. The topological polar surface area (TPSA) is 78.9 Å². The molecule has 1 atom stereocenters. The molecule has 0 rings (SSSR count). The molecule has 0 radical (unpaired) electrons. The minimum absolute atomic E-state index is 0.114. The largest absolute Gasteiger partial charge is 0.462 e. The van der Waals surface area contributed by atoms with Gasteiger partial charge in [-0.1, -0.05) is 250 Å². The third-order valence-corrected chi connectivity index (χ3v) is 11.7. The van der Waals surface area contributed by atoms with Crippen molar-refractivity contribution in [2.75, 3.05) is 13.2 Å². The highest BCUT2D eigenvalue weighted by atomic mass is 16.6. The van der Waals surface area contributed by atoms with E-state index in [-0.39, 0.29) is 44.0 Å². The van der Waals surface area contributed by atoms with Crippen LogP contribution in [-0.2, 0) is 28.6 Å². The van der Waals surface area contributed by atoms with E-state index in [1.165, 1.54) is 70.6 Å². The van der Waals surface area contributed by atoms with E-state index < -0.39 is 6.10 Å². The molecular formula is C66H104O6. The second-order valence-electron chi connectivity index (χ2n) is 18.6.